The van der Waals surface area contributed by atoms with Gasteiger partial charge in [0.15, 0.2) is 5.78 Å². The highest BCUT2D eigenvalue weighted by Crippen LogP contribution is 2.21. The largest absolute Gasteiger partial charge is 0.288 e. The molecule has 0 spiro atoms. The molecule has 1 aromatic carbocycles. The first-order chi connectivity index (χ1) is 8.75. The van der Waals surface area contributed by atoms with Crippen LogP contribution >= 0.6 is 11.3 Å². The fourth-order valence-corrected chi connectivity index (χ4v) is 2.58. The van der Waals surface area contributed by atoms with Gasteiger partial charge < -0.3 is 0 Å². The number of hydrogen-bond donors (Lipinski definition) is 0. The van der Waals surface area contributed by atoms with Gasteiger partial charge in [-0.3, -0.25) is 14.8 Å². The summed E-state index contributed by atoms with van der Waals surface area (Å²) in [6.45, 7) is 1.99. The molecule has 0 aliphatic heterocycles. The van der Waals surface area contributed by atoms with Crippen molar-refractivity contribution in [3.8, 4) is 0 Å². The summed E-state index contributed by atoms with van der Waals surface area (Å²) in [5, 5.41) is 1.88. The molecule has 0 saturated carbocycles. The number of fused-ring (bicyclic) bond motifs is 1. The molecule has 3 nitrogen and oxygen atoms in total. The molecule has 4 heteroatoms. The maximum absolute atomic E-state index is 12.4. The maximum atomic E-state index is 12.4. The highest BCUT2D eigenvalue weighted by atomic mass is 32.1. The maximum Gasteiger partial charge on any atom is 0.196 e. The number of para-hydroxylation sites is 1. The van der Waals surface area contributed by atoms with Crippen LogP contribution in [-0.2, 0) is 0 Å². The van der Waals surface area contributed by atoms with E-state index in [9.17, 15) is 4.79 Å². The van der Waals surface area contributed by atoms with Crippen molar-refractivity contribution >= 4 is 28.2 Å². The molecule has 0 fully saturated rings. The van der Waals surface area contributed by atoms with Gasteiger partial charge in [-0.15, -0.1) is 11.3 Å². The van der Waals surface area contributed by atoms with E-state index in [0.717, 1.165) is 16.0 Å². The number of hydrogen-bond acceptors (Lipinski definition) is 4. The average Bonchev–Trinajstić information content (AvgIpc) is 2.84. The molecule has 3 aromatic rings. The number of aromatic nitrogens is 2. The molecule has 18 heavy (non-hydrogen) atoms. The van der Waals surface area contributed by atoms with E-state index in [1.165, 1.54) is 0 Å². The van der Waals surface area contributed by atoms with Crippen molar-refractivity contribution in [2.45, 2.75) is 6.92 Å². The molecular formula is C14H10N2OS. The summed E-state index contributed by atoms with van der Waals surface area (Å²) < 4.78 is 0. The van der Waals surface area contributed by atoms with Crippen LogP contribution in [0.25, 0.3) is 11.0 Å². The molecule has 0 radical (unpaired) electrons. The summed E-state index contributed by atoms with van der Waals surface area (Å²) in [7, 11) is 0. The van der Waals surface area contributed by atoms with Crippen molar-refractivity contribution in [3.05, 3.63) is 58.0 Å². The van der Waals surface area contributed by atoms with Crippen LogP contribution in [0.2, 0.25) is 0 Å². The van der Waals surface area contributed by atoms with E-state index in [1.54, 1.807) is 29.8 Å². The Hall–Kier alpha value is -2.07. The summed E-state index contributed by atoms with van der Waals surface area (Å²) in [5.41, 5.74) is 2.73. The topological polar surface area (TPSA) is 42.9 Å². The molecule has 2 aromatic heterocycles. The summed E-state index contributed by atoms with van der Waals surface area (Å²) in [5.74, 6) is 0.00505. The number of carbonyl (C=O) groups is 1. The number of aryl methyl sites for hydroxylation is 1. The van der Waals surface area contributed by atoms with Crippen molar-refractivity contribution in [2.75, 3.05) is 0 Å². The van der Waals surface area contributed by atoms with Crippen LogP contribution in [0.3, 0.4) is 0 Å². The molecule has 88 valence electrons. The molecule has 0 aliphatic carbocycles. The molecule has 0 N–H and O–H groups in total. The number of ketones is 1. The Morgan fingerprint density at radius 2 is 2.06 bits per heavy atom. The molecule has 0 amide bonds. The van der Waals surface area contributed by atoms with Crippen LogP contribution in [0.15, 0.2) is 42.0 Å². The molecule has 0 aliphatic rings. The first-order valence-corrected chi connectivity index (χ1v) is 6.43. The molecule has 0 atom stereocenters. The minimum Gasteiger partial charge on any atom is -0.288 e. The quantitative estimate of drug-likeness (QED) is 0.659. The van der Waals surface area contributed by atoms with Crippen molar-refractivity contribution in [1.29, 1.82) is 0 Å². The predicted molar refractivity (Wildman–Crippen MR) is 72.0 cm³/mol. The fourth-order valence-electron chi connectivity index (χ4n) is 1.89. The lowest BCUT2D eigenvalue weighted by Gasteiger charge is -2.02. The number of nitrogens with zero attached hydrogens (tertiary/aromatic N) is 2. The monoisotopic (exact) mass is 254 g/mol. The van der Waals surface area contributed by atoms with E-state index in [-0.39, 0.29) is 5.78 Å². The third-order valence-electron chi connectivity index (χ3n) is 2.74. The lowest BCUT2D eigenvalue weighted by Crippen LogP contribution is -2.02. The zero-order valence-electron chi connectivity index (χ0n) is 9.75. The highest BCUT2D eigenvalue weighted by molar-refractivity contribution is 7.10. The van der Waals surface area contributed by atoms with E-state index < -0.39 is 0 Å². The minimum atomic E-state index is 0.00505. The Labute approximate surface area is 108 Å². The first kappa shape index (κ1) is 11.0. The van der Waals surface area contributed by atoms with Crippen LogP contribution in [0.5, 0.6) is 0 Å². The zero-order valence-corrected chi connectivity index (χ0v) is 10.6. The number of rotatable bonds is 2. The van der Waals surface area contributed by atoms with Gasteiger partial charge in [0.1, 0.15) is 0 Å². The molecule has 3 rings (SSSR count). The molecule has 0 bridgehead atoms. The normalized spacial score (nSPS) is 10.7. The number of carbonyl (C=O) groups excluding carboxylic acids is 1. The van der Waals surface area contributed by atoms with Crippen LogP contribution < -0.4 is 0 Å². The van der Waals surface area contributed by atoms with Crippen LogP contribution in [0.1, 0.15) is 20.8 Å². The smallest absolute Gasteiger partial charge is 0.196 e. The Bertz CT molecular complexity index is 728. The second-order valence-corrected chi connectivity index (χ2v) is 5.12. The predicted octanol–water partition coefficient (Wildman–Crippen LogP) is 3.23. The van der Waals surface area contributed by atoms with Crippen molar-refractivity contribution in [1.82, 2.24) is 9.97 Å². The van der Waals surface area contributed by atoms with Gasteiger partial charge in [0.25, 0.3) is 0 Å². The van der Waals surface area contributed by atoms with E-state index in [4.69, 9.17) is 0 Å². The fraction of sp³-hybridized carbons (Fsp3) is 0.0714. The van der Waals surface area contributed by atoms with E-state index in [1.807, 2.05) is 30.5 Å². The van der Waals surface area contributed by atoms with Crippen molar-refractivity contribution in [3.63, 3.8) is 0 Å². The Morgan fingerprint density at radius 1 is 1.22 bits per heavy atom. The van der Waals surface area contributed by atoms with Gasteiger partial charge >= 0.3 is 0 Å². The Balaban J connectivity index is 2.17. The van der Waals surface area contributed by atoms with Gasteiger partial charge in [0.05, 0.1) is 16.6 Å². The third kappa shape index (κ3) is 1.80. The lowest BCUT2D eigenvalue weighted by molar-refractivity contribution is 0.104. The molecular weight excluding hydrogens is 244 g/mol. The second kappa shape index (κ2) is 4.31. The van der Waals surface area contributed by atoms with Crippen LogP contribution in [-0.4, -0.2) is 15.8 Å². The lowest BCUT2D eigenvalue weighted by atomic mass is 10.0. The molecule has 2 heterocycles. The van der Waals surface area contributed by atoms with E-state index in [0.29, 0.717) is 11.1 Å². The number of thiophene rings is 1. The standard InChI is InChI=1S/C14H10N2OS/c1-9-7-10(8-18-9)14(17)11-3-2-4-12-13(11)16-6-5-15-12/h2-8H,1H3. The molecule has 0 unspecified atom stereocenters. The summed E-state index contributed by atoms with van der Waals surface area (Å²) in [4.78, 5) is 22.0. The second-order valence-electron chi connectivity index (χ2n) is 4.00. The Kier molecular flexibility index (Phi) is 2.64. The SMILES string of the molecule is Cc1cc(C(=O)c2cccc3nccnc23)cs1. The number of benzene rings is 1. The highest BCUT2D eigenvalue weighted by Gasteiger charge is 2.14. The summed E-state index contributed by atoms with van der Waals surface area (Å²) in [6.07, 6.45) is 3.24. The third-order valence-corrected chi connectivity index (χ3v) is 3.60. The summed E-state index contributed by atoms with van der Waals surface area (Å²) >= 11 is 1.58. The average molecular weight is 254 g/mol. The van der Waals surface area contributed by atoms with E-state index in [2.05, 4.69) is 9.97 Å². The summed E-state index contributed by atoms with van der Waals surface area (Å²) in [6, 6.07) is 7.40. The van der Waals surface area contributed by atoms with Crippen LogP contribution in [0.4, 0.5) is 0 Å². The zero-order chi connectivity index (χ0) is 12.5. The van der Waals surface area contributed by atoms with Gasteiger partial charge in [-0.2, -0.15) is 0 Å². The van der Waals surface area contributed by atoms with Crippen molar-refractivity contribution < 1.29 is 4.79 Å². The van der Waals surface area contributed by atoms with Gasteiger partial charge in [-0.05, 0) is 25.1 Å². The van der Waals surface area contributed by atoms with Crippen molar-refractivity contribution in [2.24, 2.45) is 0 Å². The Morgan fingerprint density at radius 3 is 2.83 bits per heavy atom. The minimum absolute atomic E-state index is 0.00505. The van der Waals surface area contributed by atoms with Gasteiger partial charge in [-0.1, -0.05) is 6.07 Å². The van der Waals surface area contributed by atoms with Gasteiger partial charge in [0.2, 0.25) is 0 Å². The van der Waals surface area contributed by atoms with Gasteiger partial charge in [-0.25, -0.2) is 0 Å². The van der Waals surface area contributed by atoms with Gasteiger partial charge in [0, 0.05) is 28.2 Å². The van der Waals surface area contributed by atoms with E-state index >= 15 is 0 Å². The van der Waals surface area contributed by atoms with Crippen LogP contribution in [0, 0.1) is 6.92 Å². The first-order valence-electron chi connectivity index (χ1n) is 5.55. The molecule has 0 saturated heterocycles.